The first-order chi connectivity index (χ1) is 15.2. The number of carbonyl (C=O) groups excluding carboxylic acids is 1. The molecule has 1 aromatic heterocycles. The van der Waals surface area contributed by atoms with Gasteiger partial charge in [-0.2, -0.15) is 0 Å². The Morgan fingerprint density at radius 2 is 1.87 bits per heavy atom. The molecule has 7 nitrogen and oxygen atoms in total. The topological polar surface area (TPSA) is 95.3 Å². The highest BCUT2D eigenvalue weighted by Gasteiger charge is 2.12. The lowest BCUT2D eigenvalue weighted by Crippen LogP contribution is -2.27. The summed E-state index contributed by atoms with van der Waals surface area (Å²) in [7, 11) is 0. The van der Waals surface area contributed by atoms with Gasteiger partial charge in [-0.1, -0.05) is 30.3 Å². The van der Waals surface area contributed by atoms with Crippen LogP contribution in [0.3, 0.4) is 0 Å². The highest BCUT2D eigenvalue weighted by atomic mass is 16.1. The van der Waals surface area contributed by atoms with Gasteiger partial charge in [-0.25, -0.2) is 4.98 Å². The first-order valence-corrected chi connectivity index (χ1v) is 10.6. The van der Waals surface area contributed by atoms with Crippen LogP contribution in [0.15, 0.2) is 66.9 Å². The lowest BCUT2D eigenvalue weighted by Gasteiger charge is -2.22. The molecule has 5 N–H and O–H groups in total. The predicted octanol–water partition coefficient (Wildman–Crippen LogP) is 3.34. The fourth-order valence-corrected chi connectivity index (χ4v) is 3.67. The first-order valence-electron chi connectivity index (χ1n) is 10.6. The van der Waals surface area contributed by atoms with Crippen molar-refractivity contribution in [1.29, 1.82) is 0 Å². The number of hydrogen-bond acceptors (Lipinski definition) is 6. The number of anilines is 4. The number of aromatic nitrogens is 1. The fourth-order valence-electron chi connectivity index (χ4n) is 3.67. The quantitative estimate of drug-likeness (QED) is 0.472. The largest absolute Gasteiger partial charge is 0.380 e. The van der Waals surface area contributed by atoms with E-state index in [4.69, 9.17) is 5.73 Å². The minimum atomic E-state index is -0.508. The van der Waals surface area contributed by atoms with Crippen molar-refractivity contribution in [2.45, 2.75) is 13.0 Å². The Hall–Kier alpha value is -3.58. The van der Waals surface area contributed by atoms with E-state index in [9.17, 15) is 4.79 Å². The van der Waals surface area contributed by atoms with Crippen molar-refractivity contribution in [1.82, 2.24) is 10.3 Å². The molecule has 1 aliphatic heterocycles. The molecule has 0 atom stereocenters. The van der Waals surface area contributed by atoms with Gasteiger partial charge >= 0.3 is 0 Å². The molecule has 31 heavy (non-hydrogen) atoms. The monoisotopic (exact) mass is 416 g/mol. The van der Waals surface area contributed by atoms with Crippen molar-refractivity contribution in [3.05, 3.63) is 78.0 Å². The average Bonchev–Trinajstić information content (AvgIpc) is 3.08. The third-order valence-corrected chi connectivity index (χ3v) is 5.34. The average molecular weight is 417 g/mol. The number of nitrogens with one attached hydrogen (secondary N) is 3. The zero-order valence-corrected chi connectivity index (χ0v) is 17.5. The molecule has 160 valence electrons. The van der Waals surface area contributed by atoms with Crippen molar-refractivity contribution in [3.63, 3.8) is 0 Å². The molecule has 0 bridgehead atoms. The third-order valence-electron chi connectivity index (χ3n) is 5.34. The second kappa shape index (κ2) is 9.95. The molecule has 2 heterocycles. The highest BCUT2D eigenvalue weighted by molar-refractivity contribution is 5.98. The molecule has 1 aliphatic rings. The van der Waals surface area contributed by atoms with E-state index in [0.717, 1.165) is 43.9 Å². The van der Waals surface area contributed by atoms with Crippen LogP contribution in [0.2, 0.25) is 0 Å². The molecule has 0 spiro atoms. The van der Waals surface area contributed by atoms with E-state index >= 15 is 0 Å². The van der Waals surface area contributed by atoms with Crippen molar-refractivity contribution >= 4 is 28.8 Å². The maximum Gasteiger partial charge on any atom is 0.252 e. The summed E-state index contributed by atoms with van der Waals surface area (Å²) in [6.07, 6.45) is 2.66. The van der Waals surface area contributed by atoms with Crippen LogP contribution in [0.25, 0.3) is 0 Å². The van der Waals surface area contributed by atoms with Crippen LogP contribution < -0.4 is 26.6 Å². The van der Waals surface area contributed by atoms with Gasteiger partial charge in [-0.3, -0.25) is 4.79 Å². The number of benzene rings is 2. The van der Waals surface area contributed by atoms with E-state index in [1.807, 2.05) is 36.4 Å². The lowest BCUT2D eigenvalue weighted by molar-refractivity contribution is 0.100. The van der Waals surface area contributed by atoms with E-state index in [2.05, 4.69) is 50.1 Å². The maximum absolute atomic E-state index is 11.8. The molecule has 7 heteroatoms. The van der Waals surface area contributed by atoms with Gasteiger partial charge in [0.25, 0.3) is 5.91 Å². The zero-order valence-electron chi connectivity index (χ0n) is 17.5. The number of nitrogens with two attached hydrogens (primary N) is 1. The molecule has 1 saturated heterocycles. The summed E-state index contributed by atoms with van der Waals surface area (Å²) in [5.74, 6) is 0.137. The Labute approximate surface area is 182 Å². The molecule has 0 unspecified atom stereocenters. The fraction of sp³-hybridized carbons (Fsp3) is 0.250. The van der Waals surface area contributed by atoms with Gasteiger partial charge in [0.1, 0.15) is 5.82 Å². The number of carbonyl (C=O) groups is 1. The van der Waals surface area contributed by atoms with E-state index in [1.54, 1.807) is 0 Å². The van der Waals surface area contributed by atoms with Gasteiger partial charge in [-0.15, -0.1) is 0 Å². The third kappa shape index (κ3) is 5.52. The number of pyridine rings is 1. The molecule has 1 fully saturated rings. The van der Waals surface area contributed by atoms with E-state index in [1.165, 1.54) is 11.9 Å². The Morgan fingerprint density at radius 3 is 2.65 bits per heavy atom. The lowest BCUT2D eigenvalue weighted by atomic mass is 10.2. The SMILES string of the molecule is NC(=O)c1cnc(Nc2ccc(N3CCCNCC3)cc2)cc1NCc1ccccc1. The molecule has 0 aliphatic carbocycles. The van der Waals surface area contributed by atoms with Gasteiger partial charge in [0.15, 0.2) is 0 Å². The van der Waals surface area contributed by atoms with E-state index in [-0.39, 0.29) is 0 Å². The summed E-state index contributed by atoms with van der Waals surface area (Å²) in [4.78, 5) is 18.6. The molecule has 0 radical (unpaired) electrons. The summed E-state index contributed by atoms with van der Waals surface area (Å²) in [5, 5.41) is 10.0. The smallest absolute Gasteiger partial charge is 0.252 e. The molecule has 3 aromatic rings. The predicted molar refractivity (Wildman–Crippen MR) is 126 cm³/mol. The number of amides is 1. The van der Waals surface area contributed by atoms with Crippen LogP contribution >= 0.6 is 0 Å². The summed E-state index contributed by atoms with van der Waals surface area (Å²) in [6, 6.07) is 20.2. The summed E-state index contributed by atoms with van der Waals surface area (Å²) in [5.41, 5.74) is 9.83. The molecule has 4 rings (SSSR count). The Morgan fingerprint density at radius 1 is 1.06 bits per heavy atom. The number of rotatable bonds is 7. The van der Waals surface area contributed by atoms with Crippen LogP contribution in [0, 0.1) is 0 Å². The summed E-state index contributed by atoms with van der Waals surface area (Å²) >= 11 is 0. The van der Waals surface area contributed by atoms with Gasteiger partial charge in [0.2, 0.25) is 0 Å². The Bertz CT molecular complexity index is 998. The van der Waals surface area contributed by atoms with Gasteiger partial charge < -0.3 is 26.6 Å². The van der Waals surface area contributed by atoms with Crippen LogP contribution in [0.1, 0.15) is 22.3 Å². The summed E-state index contributed by atoms with van der Waals surface area (Å²) in [6.45, 7) is 4.74. The number of primary amides is 1. The highest BCUT2D eigenvalue weighted by Crippen LogP contribution is 2.24. The van der Waals surface area contributed by atoms with E-state index < -0.39 is 5.91 Å². The van der Waals surface area contributed by atoms with Crippen LogP contribution in [-0.2, 0) is 6.54 Å². The molecular formula is C24H28N6O. The maximum atomic E-state index is 11.8. The van der Waals surface area contributed by atoms with Crippen LogP contribution in [0.5, 0.6) is 0 Å². The minimum absolute atomic E-state index is 0.367. The van der Waals surface area contributed by atoms with E-state index in [0.29, 0.717) is 23.6 Å². The van der Waals surface area contributed by atoms with Crippen LogP contribution in [-0.4, -0.2) is 37.1 Å². The standard InChI is InChI=1S/C24H28N6O/c25-24(31)21-17-28-23(15-22(21)27-16-18-5-2-1-3-6-18)29-19-7-9-20(10-8-19)30-13-4-11-26-12-14-30/h1-3,5-10,15,17,26H,4,11-14,16H2,(H2,25,31)(H2,27,28,29). The van der Waals surface area contributed by atoms with Crippen molar-refractivity contribution in [2.24, 2.45) is 5.73 Å². The normalized spacial score (nSPS) is 14.0. The number of nitrogens with zero attached hydrogens (tertiary/aromatic N) is 2. The first kappa shape index (κ1) is 20.7. The molecular weight excluding hydrogens is 388 g/mol. The molecule has 2 aromatic carbocycles. The van der Waals surface area contributed by atoms with Crippen molar-refractivity contribution in [3.8, 4) is 0 Å². The Kier molecular flexibility index (Phi) is 6.64. The van der Waals surface area contributed by atoms with Crippen LogP contribution in [0.4, 0.5) is 22.9 Å². The van der Waals surface area contributed by atoms with Gasteiger partial charge in [0.05, 0.1) is 11.3 Å². The van der Waals surface area contributed by atoms with Gasteiger partial charge in [-0.05, 0) is 42.8 Å². The Balaban J connectivity index is 1.47. The van der Waals surface area contributed by atoms with Crippen molar-refractivity contribution in [2.75, 3.05) is 41.7 Å². The van der Waals surface area contributed by atoms with Gasteiger partial charge in [0, 0.05) is 49.8 Å². The summed E-state index contributed by atoms with van der Waals surface area (Å²) < 4.78 is 0. The second-order valence-corrected chi connectivity index (χ2v) is 7.58. The minimum Gasteiger partial charge on any atom is -0.380 e. The molecule has 1 amide bonds. The number of hydrogen-bond donors (Lipinski definition) is 4. The molecule has 0 saturated carbocycles. The van der Waals surface area contributed by atoms with Crippen molar-refractivity contribution < 1.29 is 4.79 Å². The second-order valence-electron chi connectivity index (χ2n) is 7.58. The zero-order chi connectivity index (χ0) is 21.5.